The number of aliphatic carboxylic acids is 1. The van der Waals surface area contributed by atoms with E-state index >= 15 is 0 Å². The van der Waals surface area contributed by atoms with Crippen molar-refractivity contribution in [2.24, 2.45) is 11.8 Å². The van der Waals surface area contributed by atoms with Gasteiger partial charge >= 0.3 is 5.97 Å². The molecule has 0 heterocycles. The van der Waals surface area contributed by atoms with Crippen LogP contribution in [0, 0.1) is 18.8 Å². The molecule has 0 aromatic heterocycles. The average molecular weight is 258 g/mol. The highest BCUT2D eigenvalue weighted by Crippen LogP contribution is 2.47. The Morgan fingerprint density at radius 1 is 1.21 bits per heavy atom. The van der Waals surface area contributed by atoms with Crippen molar-refractivity contribution >= 4 is 5.97 Å². The highest BCUT2D eigenvalue weighted by atomic mass is 16.4. The van der Waals surface area contributed by atoms with Gasteiger partial charge in [-0.2, -0.15) is 0 Å². The minimum atomic E-state index is -0.593. The van der Waals surface area contributed by atoms with E-state index in [0.717, 1.165) is 12.8 Å². The Bertz CT molecular complexity index is 486. The van der Waals surface area contributed by atoms with Crippen LogP contribution in [-0.2, 0) is 11.2 Å². The molecule has 0 bridgehead atoms. The molecule has 0 spiro atoms. The van der Waals surface area contributed by atoms with Gasteiger partial charge in [-0.15, -0.1) is 0 Å². The number of carbonyl (C=O) groups is 1. The van der Waals surface area contributed by atoms with Gasteiger partial charge in [0.1, 0.15) is 0 Å². The number of rotatable bonds is 2. The second kappa shape index (κ2) is 4.99. The van der Waals surface area contributed by atoms with Gasteiger partial charge in [0, 0.05) is 5.92 Å². The third-order valence-electron chi connectivity index (χ3n) is 5.17. The van der Waals surface area contributed by atoms with Gasteiger partial charge in [0.2, 0.25) is 0 Å². The molecule has 0 radical (unpaired) electrons. The van der Waals surface area contributed by atoms with Crippen LogP contribution in [0.1, 0.15) is 54.7 Å². The largest absolute Gasteiger partial charge is 0.481 e. The highest BCUT2D eigenvalue weighted by Gasteiger charge is 2.40. The Morgan fingerprint density at radius 2 is 1.95 bits per heavy atom. The zero-order chi connectivity index (χ0) is 13.4. The summed E-state index contributed by atoms with van der Waals surface area (Å²) in [6, 6.07) is 6.44. The quantitative estimate of drug-likeness (QED) is 0.873. The van der Waals surface area contributed by atoms with Crippen LogP contribution in [0.2, 0.25) is 0 Å². The normalized spacial score (nSPS) is 27.2. The van der Waals surface area contributed by atoms with Gasteiger partial charge in [-0.25, -0.2) is 0 Å². The number of aryl methyl sites for hydroxylation is 1. The monoisotopic (exact) mass is 258 g/mol. The fourth-order valence-electron chi connectivity index (χ4n) is 4.25. The highest BCUT2D eigenvalue weighted by molar-refractivity contribution is 5.72. The summed E-state index contributed by atoms with van der Waals surface area (Å²) in [5.74, 6) is 0.0760. The van der Waals surface area contributed by atoms with Crippen LogP contribution in [0.15, 0.2) is 18.2 Å². The van der Waals surface area contributed by atoms with Crippen LogP contribution in [-0.4, -0.2) is 11.1 Å². The third kappa shape index (κ3) is 2.18. The molecule has 2 nitrogen and oxygen atoms in total. The maximum atomic E-state index is 11.6. The van der Waals surface area contributed by atoms with Crippen molar-refractivity contribution in [1.29, 1.82) is 0 Å². The summed E-state index contributed by atoms with van der Waals surface area (Å²) < 4.78 is 0. The Morgan fingerprint density at radius 3 is 2.63 bits per heavy atom. The van der Waals surface area contributed by atoms with Gasteiger partial charge in [0.05, 0.1) is 5.92 Å². The zero-order valence-electron chi connectivity index (χ0n) is 11.6. The molecule has 2 unspecified atom stereocenters. The Balaban J connectivity index is 2.04. The second-order valence-electron chi connectivity index (χ2n) is 6.20. The fourth-order valence-corrected chi connectivity index (χ4v) is 4.25. The SMILES string of the molecule is Cc1cccc2c1CCC(C(=O)O)C2C1CCCC1. The molecular formula is C17H22O2. The minimum Gasteiger partial charge on any atom is -0.481 e. The lowest BCUT2D eigenvalue weighted by Gasteiger charge is -2.36. The van der Waals surface area contributed by atoms with Gasteiger partial charge < -0.3 is 5.11 Å². The lowest BCUT2D eigenvalue weighted by atomic mass is 9.68. The second-order valence-corrected chi connectivity index (χ2v) is 6.20. The molecule has 0 saturated heterocycles. The lowest BCUT2D eigenvalue weighted by molar-refractivity contribution is -0.143. The van der Waals surface area contributed by atoms with Crippen molar-refractivity contribution in [2.45, 2.75) is 51.4 Å². The van der Waals surface area contributed by atoms with E-state index in [0.29, 0.717) is 5.92 Å². The van der Waals surface area contributed by atoms with E-state index in [9.17, 15) is 9.90 Å². The number of fused-ring (bicyclic) bond motifs is 1. The van der Waals surface area contributed by atoms with E-state index in [1.165, 1.54) is 42.4 Å². The zero-order valence-corrected chi connectivity index (χ0v) is 11.6. The lowest BCUT2D eigenvalue weighted by Crippen LogP contribution is -2.31. The molecule has 0 amide bonds. The number of carboxylic acid groups (broad SMARTS) is 1. The van der Waals surface area contributed by atoms with Gasteiger partial charge in [-0.05, 0) is 55.2 Å². The molecule has 2 atom stereocenters. The van der Waals surface area contributed by atoms with Gasteiger partial charge in [0.15, 0.2) is 0 Å². The topological polar surface area (TPSA) is 37.3 Å². The fraction of sp³-hybridized carbons (Fsp3) is 0.588. The molecule has 2 aliphatic rings. The molecule has 1 saturated carbocycles. The van der Waals surface area contributed by atoms with Crippen molar-refractivity contribution in [3.05, 3.63) is 34.9 Å². The molecule has 3 rings (SSSR count). The van der Waals surface area contributed by atoms with E-state index in [1.807, 2.05) is 0 Å². The Hall–Kier alpha value is -1.31. The first-order valence-corrected chi connectivity index (χ1v) is 7.49. The van der Waals surface area contributed by atoms with Crippen LogP contribution >= 0.6 is 0 Å². The van der Waals surface area contributed by atoms with Crippen LogP contribution in [0.3, 0.4) is 0 Å². The standard InChI is InChI=1S/C17H22O2/c1-11-5-4-8-14-13(11)9-10-15(17(18)19)16(14)12-6-2-3-7-12/h4-5,8,12,15-16H,2-3,6-7,9-10H2,1H3,(H,18,19). The predicted octanol–water partition coefficient (Wildman–Crippen LogP) is 3.92. The molecule has 2 aliphatic carbocycles. The molecule has 1 aromatic rings. The summed E-state index contributed by atoms with van der Waals surface area (Å²) in [6.45, 7) is 2.16. The summed E-state index contributed by atoms with van der Waals surface area (Å²) in [5, 5.41) is 9.56. The van der Waals surface area contributed by atoms with Gasteiger partial charge in [-0.1, -0.05) is 31.0 Å². The summed E-state index contributed by atoms with van der Waals surface area (Å²) in [4.78, 5) is 11.6. The average Bonchev–Trinajstić information content (AvgIpc) is 2.91. The predicted molar refractivity (Wildman–Crippen MR) is 75.3 cm³/mol. The van der Waals surface area contributed by atoms with Gasteiger partial charge in [-0.3, -0.25) is 4.79 Å². The number of hydrogen-bond acceptors (Lipinski definition) is 1. The van der Waals surface area contributed by atoms with Crippen molar-refractivity contribution in [1.82, 2.24) is 0 Å². The minimum absolute atomic E-state index is 0.169. The molecular weight excluding hydrogens is 236 g/mol. The number of benzene rings is 1. The van der Waals surface area contributed by atoms with Crippen molar-refractivity contribution in [3.63, 3.8) is 0 Å². The Labute approximate surface area is 114 Å². The first-order chi connectivity index (χ1) is 9.18. The smallest absolute Gasteiger partial charge is 0.307 e. The van der Waals surface area contributed by atoms with Gasteiger partial charge in [0.25, 0.3) is 0 Å². The van der Waals surface area contributed by atoms with E-state index in [1.54, 1.807) is 0 Å². The number of hydrogen-bond donors (Lipinski definition) is 1. The summed E-state index contributed by atoms with van der Waals surface area (Å²) in [5.41, 5.74) is 4.10. The van der Waals surface area contributed by atoms with Crippen LogP contribution in [0.25, 0.3) is 0 Å². The molecule has 1 aromatic carbocycles. The summed E-state index contributed by atoms with van der Waals surface area (Å²) in [7, 11) is 0. The molecule has 19 heavy (non-hydrogen) atoms. The van der Waals surface area contributed by atoms with Crippen LogP contribution in [0.4, 0.5) is 0 Å². The summed E-state index contributed by atoms with van der Waals surface area (Å²) >= 11 is 0. The molecule has 2 heteroatoms. The summed E-state index contributed by atoms with van der Waals surface area (Å²) in [6.07, 6.45) is 6.71. The molecule has 0 aliphatic heterocycles. The van der Waals surface area contributed by atoms with E-state index in [2.05, 4.69) is 25.1 Å². The van der Waals surface area contributed by atoms with E-state index < -0.39 is 5.97 Å². The molecule has 102 valence electrons. The van der Waals surface area contributed by atoms with E-state index in [4.69, 9.17) is 0 Å². The molecule has 1 N–H and O–H groups in total. The van der Waals surface area contributed by atoms with E-state index in [-0.39, 0.29) is 11.8 Å². The van der Waals surface area contributed by atoms with Crippen molar-refractivity contribution in [3.8, 4) is 0 Å². The number of carboxylic acids is 1. The van der Waals surface area contributed by atoms with Crippen molar-refractivity contribution < 1.29 is 9.90 Å². The Kier molecular flexibility index (Phi) is 3.34. The maximum Gasteiger partial charge on any atom is 0.307 e. The third-order valence-corrected chi connectivity index (χ3v) is 5.17. The van der Waals surface area contributed by atoms with Crippen LogP contribution in [0.5, 0.6) is 0 Å². The first-order valence-electron chi connectivity index (χ1n) is 7.49. The van der Waals surface area contributed by atoms with Crippen LogP contribution < -0.4 is 0 Å². The maximum absolute atomic E-state index is 11.6. The van der Waals surface area contributed by atoms with Crippen molar-refractivity contribution in [2.75, 3.05) is 0 Å². The first kappa shape index (κ1) is 12.7. The molecule has 1 fully saturated rings.